The number of nitrogens with zero attached hydrogens (tertiary/aromatic N) is 1. The minimum Gasteiger partial charge on any atom is -0.484 e. The number of benzene rings is 1. The van der Waals surface area contributed by atoms with Gasteiger partial charge in [0, 0.05) is 30.9 Å². The molecule has 20 heavy (non-hydrogen) atoms. The van der Waals surface area contributed by atoms with Gasteiger partial charge in [-0.2, -0.15) is 0 Å². The van der Waals surface area contributed by atoms with E-state index in [-0.39, 0.29) is 6.61 Å². The monoisotopic (exact) mass is 277 g/mol. The number of ether oxygens (including phenoxy) is 1. The van der Waals surface area contributed by atoms with E-state index < -0.39 is 5.91 Å². The molecule has 0 radical (unpaired) electrons. The molecule has 1 amide bonds. The maximum Gasteiger partial charge on any atom is 0.255 e. The van der Waals surface area contributed by atoms with Crippen molar-refractivity contribution >= 4 is 11.6 Å². The standard InChI is InChI=1S/C15H23N3O2/c1-11(2)18-8-7-13(9-18)17-12-3-5-14(6-4-12)20-10-15(16)19/h3-6,11,13,17H,7-10H2,1-2H3,(H2,16,19). The average molecular weight is 277 g/mol. The fourth-order valence-electron chi connectivity index (χ4n) is 2.41. The Hall–Kier alpha value is -1.75. The predicted molar refractivity (Wildman–Crippen MR) is 79.9 cm³/mol. The average Bonchev–Trinajstić information content (AvgIpc) is 2.86. The van der Waals surface area contributed by atoms with Crippen LogP contribution in [0.2, 0.25) is 0 Å². The van der Waals surface area contributed by atoms with Crippen LogP contribution in [0.5, 0.6) is 5.75 Å². The molecule has 110 valence electrons. The van der Waals surface area contributed by atoms with Crippen molar-refractivity contribution in [1.29, 1.82) is 0 Å². The summed E-state index contributed by atoms with van der Waals surface area (Å²) in [4.78, 5) is 13.1. The Morgan fingerprint density at radius 1 is 1.45 bits per heavy atom. The van der Waals surface area contributed by atoms with Gasteiger partial charge in [-0.3, -0.25) is 9.69 Å². The van der Waals surface area contributed by atoms with Crippen LogP contribution in [0.1, 0.15) is 20.3 Å². The summed E-state index contributed by atoms with van der Waals surface area (Å²) in [7, 11) is 0. The predicted octanol–water partition coefficient (Wildman–Crippen LogP) is 1.45. The van der Waals surface area contributed by atoms with Crippen LogP contribution in [-0.2, 0) is 4.79 Å². The van der Waals surface area contributed by atoms with E-state index >= 15 is 0 Å². The van der Waals surface area contributed by atoms with Gasteiger partial charge in [0.05, 0.1) is 0 Å². The van der Waals surface area contributed by atoms with Gasteiger partial charge < -0.3 is 15.8 Å². The van der Waals surface area contributed by atoms with Crippen LogP contribution in [0.4, 0.5) is 5.69 Å². The van der Waals surface area contributed by atoms with Gasteiger partial charge in [0.2, 0.25) is 0 Å². The number of likely N-dealkylation sites (tertiary alicyclic amines) is 1. The molecule has 3 N–H and O–H groups in total. The molecule has 1 unspecified atom stereocenters. The fourth-order valence-corrected chi connectivity index (χ4v) is 2.41. The lowest BCUT2D eigenvalue weighted by Gasteiger charge is -2.20. The molecule has 1 atom stereocenters. The van der Waals surface area contributed by atoms with E-state index in [1.165, 1.54) is 0 Å². The number of hydrogen-bond donors (Lipinski definition) is 2. The Labute approximate surface area is 120 Å². The highest BCUT2D eigenvalue weighted by Gasteiger charge is 2.23. The first-order chi connectivity index (χ1) is 9.54. The number of carbonyl (C=O) groups is 1. The fraction of sp³-hybridized carbons (Fsp3) is 0.533. The third-order valence-corrected chi connectivity index (χ3v) is 3.56. The molecule has 1 aliphatic heterocycles. The van der Waals surface area contributed by atoms with E-state index in [1.807, 2.05) is 24.3 Å². The Morgan fingerprint density at radius 3 is 2.70 bits per heavy atom. The zero-order chi connectivity index (χ0) is 14.5. The largest absolute Gasteiger partial charge is 0.484 e. The minimum atomic E-state index is -0.466. The zero-order valence-electron chi connectivity index (χ0n) is 12.1. The molecule has 5 heteroatoms. The molecule has 0 spiro atoms. The van der Waals surface area contributed by atoms with Gasteiger partial charge in [-0.05, 0) is 44.5 Å². The van der Waals surface area contributed by atoms with Crippen molar-refractivity contribution in [2.45, 2.75) is 32.4 Å². The summed E-state index contributed by atoms with van der Waals surface area (Å²) >= 11 is 0. The van der Waals surface area contributed by atoms with Gasteiger partial charge >= 0.3 is 0 Å². The summed E-state index contributed by atoms with van der Waals surface area (Å²) in [5.74, 6) is 0.191. The van der Waals surface area contributed by atoms with Crippen molar-refractivity contribution < 1.29 is 9.53 Å². The van der Waals surface area contributed by atoms with Gasteiger partial charge in [-0.25, -0.2) is 0 Å². The smallest absolute Gasteiger partial charge is 0.255 e. The third kappa shape index (κ3) is 4.13. The second-order valence-corrected chi connectivity index (χ2v) is 5.50. The number of hydrogen-bond acceptors (Lipinski definition) is 4. The van der Waals surface area contributed by atoms with Crippen molar-refractivity contribution in [3.05, 3.63) is 24.3 Å². The lowest BCUT2D eigenvalue weighted by molar-refractivity contribution is -0.119. The van der Waals surface area contributed by atoms with Gasteiger partial charge in [0.15, 0.2) is 6.61 Å². The Balaban J connectivity index is 1.83. The van der Waals surface area contributed by atoms with Crippen molar-refractivity contribution in [2.24, 2.45) is 5.73 Å². The van der Waals surface area contributed by atoms with Crippen molar-refractivity contribution in [3.63, 3.8) is 0 Å². The molecule has 1 aliphatic rings. The molecule has 2 rings (SSSR count). The summed E-state index contributed by atoms with van der Waals surface area (Å²) < 4.78 is 5.23. The van der Waals surface area contributed by atoms with Gasteiger partial charge in [0.25, 0.3) is 5.91 Å². The zero-order valence-corrected chi connectivity index (χ0v) is 12.1. The molecular weight excluding hydrogens is 254 g/mol. The van der Waals surface area contributed by atoms with E-state index in [9.17, 15) is 4.79 Å². The third-order valence-electron chi connectivity index (χ3n) is 3.56. The van der Waals surface area contributed by atoms with Crippen LogP contribution in [0.25, 0.3) is 0 Å². The lowest BCUT2D eigenvalue weighted by atomic mass is 10.2. The number of anilines is 1. The summed E-state index contributed by atoms with van der Waals surface area (Å²) in [5.41, 5.74) is 6.11. The number of primary amides is 1. The van der Waals surface area contributed by atoms with Crippen LogP contribution in [0, 0.1) is 0 Å². The maximum atomic E-state index is 10.6. The SMILES string of the molecule is CC(C)N1CCC(Nc2ccc(OCC(N)=O)cc2)C1. The van der Waals surface area contributed by atoms with E-state index in [2.05, 4.69) is 24.1 Å². The number of carbonyl (C=O) groups excluding carboxylic acids is 1. The maximum absolute atomic E-state index is 10.6. The first-order valence-electron chi connectivity index (χ1n) is 7.06. The van der Waals surface area contributed by atoms with Crippen molar-refractivity contribution in [2.75, 3.05) is 25.0 Å². The van der Waals surface area contributed by atoms with Crippen LogP contribution >= 0.6 is 0 Å². The topological polar surface area (TPSA) is 67.6 Å². The highest BCUT2D eigenvalue weighted by atomic mass is 16.5. The highest BCUT2D eigenvalue weighted by Crippen LogP contribution is 2.20. The Morgan fingerprint density at radius 2 is 2.15 bits per heavy atom. The van der Waals surface area contributed by atoms with Crippen LogP contribution in [0.15, 0.2) is 24.3 Å². The first kappa shape index (κ1) is 14.7. The molecule has 0 aromatic heterocycles. The second kappa shape index (κ2) is 6.61. The van der Waals surface area contributed by atoms with Crippen molar-refractivity contribution in [1.82, 2.24) is 4.90 Å². The molecule has 0 bridgehead atoms. The summed E-state index contributed by atoms with van der Waals surface area (Å²) in [6, 6.07) is 8.73. The minimum absolute atomic E-state index is 0.0846. The van der Waals surface area contributed by atoms with Gasteiger partial charge in [-0.1, -0.05) is 0 Å². The second-order valence-electron chi connectivity index (χ2n) is 5.50. The summed E-state index contributed by atoms with van der Waals surface area (Å²) in [6.07, 6.45) is 1.16. The Bertz CT molecular complexity index is 445. The number of rotatable bonds is 6. The molecule has 0 aliphatic carbocycles. The summed E-state index contributed by atoms with van der Waals surface area (Å²) in [6.45, 7) is 6.60. The molecule has 1 aromatic carbocycles. The molecule has 5 nitrogen and oxygen atoms in total. The molecule has 1 fully saturated rings. The van der Waals surface area contributed by atoms with Crippen LogP contribution in [0.3, 0.4) is 0 Å². The number of amides is 1. The van der Waals surface area contributed by atoms with Crippen molar-refractivity contribution in [3.8, 4) is 5.75 Å². The molecular formula is C15H23N3O2. The van der Waals surface area contributed by atoms with E-state index in [4.69, 9.17) is 10.5 Å². The van der Waals surface area contributed by atoms with Gasteiger partial charge in [-0.15, -0.1) is 0 Å². The van der Waals surface area contributed by atoms with Crippen LogP contribution < -0.4 is 15.8 Å². The normalized spacial score (nSPS) is 19.2. The molecule has 1 heterocycles. The summed E-state index contributed by atoms with van der Waals surface area (Å²) in [5, 5.41) is 3.53. The molecule has 0 saturated carbocycles. The lowest BCUT2D eigenvalue weighted by Crippen LogP contribution is -2.31. The van der Waals surface area contributed by atoms with E-state index in [0.717, 1.165) is 25.2 Å². The highest BCUT2D eigenvalue weighted by molar-refractivity contribution is 5.75. The van der Waals surface area contributed by atoms with E-state index in [1.54, 1.807) is 0 Å². The first-order valence-corrected chi connectivity index (χ1v) is 7.06. The number of nitrogens with two attached hydrogens (primary N) is 1. The van der Waals surface area contributed by atoms with E-state index in [0.29, 0.717) is 17.8 Å². The molecule has 1 saturated heterocycles. The Kier molecular flexibility index (Phi) is 4.84. The van der Waals surface area contributed by atoms with Crippen LogP contribution in [-0.4, -0.2) is 42.6 Å². The number of nitrogens with one attached hydrogen (secondary N) is 1. The quantitative estimate of drug-likeness (QED) is 0.826. The van der Waals surface area contributed by atoms with Gasteiger partial charge in [0.1, 0.15) is 5.75 Å². The molecule has 1 aromatic rings.